The number of carbonyl (C=O) groups excluding carboxylic acids is 2. The van der Waals surface area contributed by atoms with Gasteiger partial charge in [-0.05, 0) is 42.0 Å². The Morgan fingerprint density at radius 3 is 2.33 bits per heavy atom. The Hall–Kier alpha value is -3.25. The normalized spacial score (nSPS) is 15.9. The molecule has 2 heterocycles. The molecule has 0 aromatic heterocycles. The minimum absolute atomic E-state index is 0.0408. The summed E-state index contributed by atoms with van der Waals surface area (Å²) in [5, 5.41) is 0.598. The number of nitrogens with zero attached hydrogens (tertiary/aromatic N) is 2. The SMILES string of the molecule is O=C(/C=C/C=C/c1ccc2c(c1)OCO2)N1CCN(C(=O)c2ccc(Cl)cc2)CC1. The molecule has 154 valence electrons. The van der Waals surface area contributed by atoms with Crippen molar-refractivity contribution in [2.75, 3.05) is 33.0 Å². The van der Waals surface area contributed by atoms with Gasteiger partial charge in [-0.2, -0.15) is 0 Å². The van der Waals surface area contributed by atoms with Crippen molar-refractivity contribution in [1.82, 2.24) is 9.80 Å². The van der Waals surface area contributed by atoms with E-state index in [0.29, 0.717) is 36.8 Å². The van der Waals surface area contributed by atoms with Gasteiger partial charge in [0.2, 0.25) is 12.7 Å². The second-order valence-electron chi connectivity index (χ2n) is 6.96. The van der Waals surface area contributed by atoms with Crippen LogP contribution in [0.5, 0.6) is 11.5 Å². The average molecular weight is 425 g/mol. The van der Waals surface area contributed by atoms with E-state index in [9.17, 15) is 9.59 Å². The number of allylic oxidation sites excluding steroid dienone is 2. The summed E-state index contributed by atoms with van der Waals surface area (Å²) in [6.07, 6.45) is 6.97. The Morgan fingerprint density at radius 2 is 1.57 bits per heavy atom. The lowest BCUT2D eigenvalue weighted by Gasteiger charge is -2.34. The number of piperazine rings is 1. The minimum Gasteiger partial charge on any atom is -0.454 e. The third kappa shape index (κ3) is 4.66. The smallest absolute Gasteiger partial charge is 0.253 e. The summed E-state index contributed by atoms with van der Waals surface area (Å²) >= 11 is 5.87. The molecule has 6 nitrogen and oxygen atoms in total. The third-order valence-corrected chi connectivity index (χ3v) is 5.26. The summed E-state index contributed by atoms with van der Waals surface area (Å²) in [5.41, 5.74) is 1.57. The molecule has 0 unspecified atom stereocenters. The Balaban J connectivity index is 1.27. The molecule has 0 N–H and O–H groups in total. The molecule has 0 aliphatic carbocycles. The average Bonchev–Trinajstić information content (AvgIpc) is 3.25. The summed E-state index contributed by atoms with van der Waals surface area (Å²) < 4.78 is 10.6. The molecule has 0 atom stereocenters. The number of amides is 2. The third-order valence-electron chi connectivity index (χ3n) is 5.00. The van der Waals surface area contributed by atoms with E-state index in [2.05, 4.69) is 0 Å². The van der Waals surface area contributed by atoms with Gasteiger partial charge in [0.05, 0.1) is 0 Å². The summed E-state index contributed by atoms with van der Waals surface area (Å²) in [6, 6.07) is 12.5. The van der Waals surface area contributed by atoms with Crippen LogP contribution >= 0.6 is 11.6 Å². The van der Waals surface area contributed by atoms with Crippen molar-refractivity contribution in [1.29, 1.82) is 0 Å². The zero-order chi connectivity index (χ0) is 20.9. The van der Waals surface area contributed by atoms with Gasteiger partial charge in [0.25, 0.3) is 5.91 Å². The van der Waals surface area contributed by atoms with Crippen LogP contribution in [0.2, 0.25) is 5.02 Å². The lowest BCUT2D eigenvalue weighted by Crippen LogP contribution is -2.50. The van der Waals surface area contributed by atoms with Crippen molar-refractivity contribution in [3.63, 3.8) is 0 Å². The number of ether oxygens (including phenoxy) is 2. The van der Waals surface area contributed by atoms with E-state index in [1.54, 1.807) is 46.2 Å². The van der Waals surface area contributed by atoms with Crippen LogP contribution in [0.15, 0.2) is 60.7 Å². The van der Waals surface area contributed by atoms with Gasteiger partial charge < -0.3 is 19.3 Å². The highest BCUT2D eigenvalue weighted by atomic mass is 35.5. The van der Waals surface area contributed by atoms with Gasteiger partial charge in [-0.15, -0.1) is 0 Å². The molecule has 0 saturated carbocycles. The fourth-order valence-corrected chi connectivity index (χ4v) is 3.46. The van der Waals surface area contributed by atoms with Crippen LogP contribution < -0.4 is 9.47 Å². The van der Waals surface area contributed by atoms with Crippen LogP contribution in [-0.4, -0.2) is 54.6 Å². The van der Waals surface area contributed by atoms with Crippen molar-refractivity contribution in [3.05, 3.63) is 76.8 Å². The second kappa shape index (κ2) is 9.05. The van der Waals surface area contributed by atoms with E-state index in [1.165, 1.54) is 0 Å². The van der Waals surface area contributed by atoms with E-state index in [0.717, 1.165) is 17.1 Å². The Kier molecular flexibility index (Phi) is 6.05. The minimum atomic E-state index is -0.0658. The van der Waals surface area contributed by atoms with Gasteiger partial charge in [0.15, 0.2) is 11.5 Å². The number of benzene rings is 2. The number of carbonyl (C=O) groups is 2. The Morgan fingerprint density at radius 1 is 0.867 bits per heavy atom. The quantitative estimate of drug-likeness (QED) is 0.555. The van der Waals surface area contributed by atoms with Crippen molar-refractivity contribution < 1.29 is 19.1 Å². The molecule has 7 heteroatoms. The number of hydrogen-bond acceptors (Lipinski definition) is 4. The highest BCUT2D eigenvalue weighted by molar-refractivity contribution is 6.30. The number of halogens is 1. The van der Waals surface area contributed by atoms with Crippen LogP contribution in [0.25, 0.3) is 6.08 Å². The van der Waals surface area contributed by atoms with E-state index in [-0.39, 0.29) is 18.6 Å². The molecule has 2 aromatic rings. The number of rotatable bonds is 4. The van der Waals surface area contributed by atoms with E-state index in [4.69, 9.17) is 21.1 Å². The molecule has 0 spiro atoms. The van der Waals surface area contributed by atoms with Crippen LogP contribution in [0.3, 0.4) is 0 Å². The van der Waals surface area contributed by atoms with Crippen molar-refractivity contribution in [2.24, 2.45) is 0 Å². The zero-order valence-electron chi connectivity index (χ0n) is 16.3. The fourth-order valence-electron chi connectivity index (χ4n) is 3.33. The molecule has 2 aromatic carbocycles. The summed E-state index contributed by atoms with van der Waals surface area (Å²) in [4.78, 5) is 28.4. The van der Waals surface area contributed by atoms with E-state index in [1.807, 2.05) is 30.4 Å². The Labute approximate surface area is 179 Å². The molecule has 2 aliphatic heterocycles. The number of fused-ring (bicyclic) bond motifs is 1. The van der Waals surface area contributed by atoms with Crippen molar-refractivity contribution in [2.45, 2.75) is 0 Å². The topological polar surface area (TPSA) is 59.1 Å². The molecular formula is C23H21ClN2O4. The zero-order valence-corrected chi connectivity index (χ0v) is 17.0. The first-order valence-electron chi connectivity index (χ1n) is 9.68. The largest absolute Gasteiger partial charge is 0.454 e. The molecule has 30 heavy (non-hydrogen) atoms. The van der Waals surface area contributed by atoms with Crippen LogP contribution in [0, 0.1) is 0 Å². The standard InChI is InChI=1S/C23H21ClN2O4/c24-19-8-6-18(7-9-19)23(28)26-13-11-25(12-14-26)22(27)4-2-1-3-17-5-10-20-21(15-17)30-16-29-20/h1-10,15H,11-14,16H2/b3-1+,4-2+. The lowest BCUT2D eigenvalue weighted by atomic mass is 10.2. The number of hydrogen-bond donors (Lipinski definition) is 0. The molecule has 4 rings (SSSR count). The van der Waals surface area contributed by atoms with Crippen LogP contribution in [-0.2, 0) is 4.79 Å². The van der Waals surface area contributed by atoms with Crippen molar-refractivity contribution >= 4 is 29.5 Å². The predicted molar refractivity (Wildman–Crippen MR) is 115 cm³/mol. The first kappa shape index (κ1) is 20.0. The molecular weight excluding hydrogens is 404 g/mol. The maximum atomic E-state index is 12.5. The fraction of sp³-hybridized carbons (Fsp3) is 0.217. The predicted octanol–water partition coefficient (Wildman–Crippen LogP) is 3.62. The van der Waals surface area contributed by atoms with Gasteiger partial charge in [-0.1, -0.05) is 35.9 Å². The van der Waals surface area contributed by atoms with E-state index < -0.39 is 0 Å². The molecule has 0 radical (unpaired) electrons. The van der Waals surface area contributed by atoms with Crippen LogP contribution in [0.4, 0.5) is 0 Å². The lowest BCUT2D eigenvalue weighted by molar-refractivity contribution is -0.127. The van der Waals surface area contributed by atoms with Gasteiger partial charge >= 0.3 is 0 Å². The summed E-state index contributed by atoms with van der Waals surface area (Å²) in [5.74, 6) is 1.36. The van der Waals surface area contributed by atoms with Crippen molar-refractivity contribution in [3.8, 4) is 11.5 Å². The highest BCUT2D eigenvalue weighted by Gasteiger charge is 2.23. The van der Waals surface area contributed by atoms with Gasteiger partial charge in [-0.3, -0.25) is 9.59 Å². The maximum Gasteiger partial charge on any atom is 0.253 e. The highest BCUT2D eigenvalue weighted by Crippen LogP contribution is 2.32. The summed E-state index contributed by atoms with van der Waals surface area (Å²) in [7, 11) is 0. The maximum absolute atomic E-state index is 12.5. The molecule has 1 fully saturated rings. The first-order valence-corrected chi connectivity index (χ1v) is 10.1. The molecule has 2 amide bonds. The molecule has 0 bridgehead atoms. The Bertz CT molecular complexity index is 993. The van der Waals surface area contributed by atoms with Gasteiger partial charge in [-0.25, -0.2) is 0 Å². The summed E-state index contributed by atoms with van der Waals surface area (Å²) in [6.45, 7) is 2.28. The second-order valence-corrected chi connectivity index (χ2v) is 7.39. The van der Waals surface area contributed by atoms with Gasteiger partial charge in [0.1, 0.15) is 0 Å². The molecule has 1 saturated heterocycles. The first-order chi connectivity index (χ1) is 14.6. The van der Waals surface area contributed by atoms with Gasteiger partial charge in [0, 0.05) is 42.8 Å². The van der Waals surface area contributed by atoms with Crippen LogP contribution in [0.1, 0.15) is 15.9 Å². The monoisotopic (exact) mass is 424 g/mol. The van der Waals surface area contributed by atoms with E-state index >= 15 is 0 Å². The molecule has 2 aliphatic rings.